The van der Waals surface area contributed by atoms with E-state index in [0.717, 1.165) is 27.8 Å². The zero-order chi connectivity index (χ0) is 20.2. The van der Waals surface area contributed by atoms with Crippen LogP contribution in [0.4, 0.5) is 0 Å². The molecule has 0 atom stereocenters. The molecular weight excluding hydrogens is 360 g/mol. The first kappa shape index (κ1) is 19.1. The van der Waals surface area contributed by atoms with E-state index in [-0.39, 0.29) is 5.91 Å². The number of carbonyl (C=O) groups is 1. The molecule has 4 heteroatoms. The van der Waals surface area contributed by atoms with Crippen molar-refractivity contribution in [2.75, 3.05) is 14.2 Å². The number of methoxy groups -OCH3 is 1. The van der Waals surface area contributed by atoms with Crippen molar-refractivity contribution in [2.45, 2.75) is 19.7 Å². The van der Waals surface area contributed by atoms with Gasteiger partial charge in [0.05, 0.1) is 13.2 Å². The van der Waals surface area contributed by atoms with Crippen molar-refractivity contribution >= 4 is 12.1 Å². The van der Waals surface area contributed by atoms with Crippen molar-refractivity contribution in [3.8, 4) is 11.1 Å². The molecule has 3 aromatic rings. The first-order valence-electron chi connectivity index (χ1n) is 9.70. The lowest BCUT2D eigenvalue weighted by atomic mass is 9.97. The standard InChI is InChI=1S/C25H24N2O2/c1-27(16-21-10-6-9-20-14-26-15-24(20)21)25(28)19-11-12-23(22(13-19)17-29-2)18-7-4-3-5-8-18/h3-14H,15-17H2,1-2H3. The smallest absolute Gasteiger partial charge is 0.253 e. The molecule has 1 aliphatic rings. The van der Waals surface area contributed by atoms with Gasteiger partial charge < -0.3 is 9.64 Å². The molecule has 1 amide bonds. The second-order valence-electron chi connectivity index (χ2n) is 7.29. The number of fused-ring (bicyclic) bond motifs is 1. The maximum absolute atomic E-state index is 13.1. The molecule has 4 nitrogen and oxygen atoms in total. The van der Waals surface area contributed by atoms with Crippen LogP contribution in [-0.4, -0.2) is 31.2 Å². The van der Waals surface area contributed by atoms with Crippen LogP contribution in [0.3, 0.4) is 0 Å². The van der Waals surface area contributed by atoms with Gasteiger partial charge in [-0.15, -0.1) is 0 Å². The molecular formula is C25H24N2O2. The number of hydrogen-bond acceptors (Lipinski definition) is 3. The van der Waals surface area contributed by atoms with Gasteiger partial charge in [-0.1, -0.05) is 54.6 Å². The van der Waals surface area contributed by atoms with E-state index in [9.17, 15) is 4.79 Å². The van der Waals surface area contributed by atoms with Crippen molar-refractivity contribution < 1.29 is 9.53 Å². The average molecular weight is 384 g/mol. The SMILES string of the molecule is COCc1cc(C(=O)N(C)Cc2cccc3c2CN=C3)ccc1-c1ccccc1. The highest BCUT2D eigenvalue weighted by atomic mass is 16.5. The Labute approximate surface area is 171 Å². The quantitative estimate of drug-likeness (QED) is 0.618. The summed E-state index contributed by atoms with van der Waals surface area (Å²) in [5, 5.41) is 0. The molecule has 0 aromatic heterocycles. The lowest BCUT2D eigenvalue weighted by Gasteiger charge is -2.20. The minimum absolute atomic E-state index is 0.00140. The maximum Gasteiger partial charge on any atom is 0.253 e. The van der Waals surface area contributed by atoms with Gasteiger partial charge in [-0.3, -0.25) is 9.79 Å². The summed E-state index contributed by atoms with van der Waals surface area (Å²) in [5.74, 6) is -0.00140. The van der Waals surface area contributed by atoms with Crippen molar-refractivity contribution in [1.29, 1.82) is 0 Å². The fraction of sp³-hybridized carbons (Fsp3) is 0.200. The second kappa shape index (κ2) is 8.41. The van der Waals surface area contributed by atoms with Crippen molar-refractivity contribution in [1.82, 2.24) is 4.90 Å². The summed E-state index contributed by atoms with van der Waals surface area (Å²) in [5.41, 5.74) is 7.39. The van der Waals surface area contributed by atoms with Gasteiger partial charge in [-0.25, -0.2) is 0 Å². The van der Waals surface area contributed by atoms with Gasteiger partial charge in [-0.2, -0.15) is 0 Å². The van der Waals surface area contributed by atoms with Gasteiger partial charge in [0, 0.05) is 32.5 Å². The number of amides is 1. The van der Waals surface area contributed by atoms with Crippen LogP contribution in [0.1, 0.15) is 32.6 Å². The molecule has 1 aliphatic heterocycles. The van der Waals surface area contributed by atoms with E-state index < -0.39 is 0 Å². The molecule has 1 heterocycles. The Hall–Kier alpha value is -3.24. The van der Waals surface area contributed by atoms with Crippen LogP contribution in [-0.2, 0) is 24.4 Å². The van der Waals surface area contributed by atoms with E-state index in [1.54, 1.807) is 12.0 Å². The van der Waals surface area contributed by atoms with Crippen LogP contribution in [0.5, 0.6) is 0 Å². The number of nitrogens with zero attached hydrogens (tertiary/aromatic N) is 2. The molecule has 3 aromatic carbocycles. The third kappa shape index (κ3) is 3.98. The minimum Gasteiger partial charge on any atom is -0.380 e. The van der Waals surface area contributed by atoms with Crippen LogP contribution < -0.4 is 0 Å². The van der Waals surface area contributed by atoms with Crippen LogP contribution in [0, 0.1) is 0 Å². The number of carbonyl (C=O) groups excluding carboxylic acids is 1. The molecule has 0 bridgehead atoms. The zero-order valence-electron chi connectivity index (χ0n) is 16.8. The summed E-state index contributed by atoms with van der Waals surface area (Å²) in [6, 6.07) is 22.2. The highest BCUT2D eigenvalue weighted by Gasteiger charge is 2.18. The van der Waals surface area contributed by atoms with E-state index >= 15 is 0 Å². The molecule has 0 unspecified atom stereocenters. The average Bonchev–Trinajstić information content (AvgIpc) is 3.24. The lowest BCUT2D eigenvalue weighted by molar-refractivity contribution is 0.0784. The summed E-state index contributed by atoms with van der Waals surface area (Å²) < 4.78 is 5.39. The topological polar surface area (TPSA) is 41.9 Å². The summed E-state index contributed by atoms with van der Waals surface area (Å²) in [6.07, 6.45) is 1.90. The zero-order valence-corrected chi connectivity index (χ0v) is 16.8. The highest BCUT2D eigenvalue weighted by molar-refractivity contribution is 5.95. The van der Waals surface area contributed by atoms with Gasteiger partial charge in [-0.05, 0) is 45.5 Å². The maximum atomic E-state index is 13.1. The van der Waals surface area contributed by atoms with E-state index in [2.05, 4.69) is 29.3 Å². The van der Waals surface area contributed by atoms with Gasteiger partial charge in [0.15, 0.2) is 0 Å². The molecule has 0 saturated carbocycles. The Kier molecular flexibility index (Phi) is 5.54. The van der Waals surface area contributed by atoms with Gasteiger partial charge >= 0.3 is 0 Å². The van der Waals surface area contributed by atoms with E-state index in [1.807, 2.05) is 55.7 Å². The summed E-state index contributed by atoms with van der Waals surface area (Å²) in [7, 11) is 3.52. The molecule has 4 rings (SSSR count). The largest absolute Gasteiger partial charge is 0.380 e. The van der Waals surface area contributed by atoms with E-state index in [1.165, 1.54) is 5.56 Å². The highest BCUT2D eigenvalue weighted by Crippen LogP contribution is 2.26. The van der Waals surface area contributed by atoms with Crippen molar-refractivity contribution in [3.63, 3.8) is 0 Å². The first-order valence-corrected chi connectivity index (χ1v) is 9.70. The van der Waals surface area contributed by atoms with E-state index in [4.69, 9.17) is 4.74 Å². The predicted molar refractivity (Wildman–Crippen MR) is 116 cm³/mol. The number of benzene rings is 3. The monoisotopic (exact) mass is 384 g/mol. The predicted octanol–water partition coefficient (Wildman–Crippen LogP) is 4.70. The Morgan fingerprint density at radius 2 is 1.86 bits per heavy atom. The molecule has 146 valence electrons. The molecule has 0 N–H and O–H groups in total. The third-order valence-electron chi connectivity index (χ3n) is 5.28. The van der Waals surface area contributed by atoms with E-state index in [0.29, 0.717) is 25.3 Å². The lowest BCUT2D eigenvalue weighted by Crippen LogP contribution is -2.27. The number of ether oxygens (including phenoxy) is 1. The first-order chi connectivity index (χ1) is 14.2. The van der Waals surface area contributed by atoms with Gasteiger partial charge in [0.25, 0.3) is 5.91 Å². The molecule has 0 spiro atoms. The Balaban J connectivity index is 1.58. The fourth-order valence-electron chi connectivity index (χ4n) is 3.80. The van der Waals surface area contributed by atoms with Crippen LogP contribution in [0.25, 0.3) is 11.1 Å². The number of hydrogen-bond donors (Lipinski definition) is 0. The normalized spacial score (nSPS) is 12.1. The summed E-state index contributed by atoms with van der Waals surface area (Å²) >= 11 is 0. The van der Waals surface area contributed by atoms with Crippen LogP contribution in [0.2, 0.25) is 0 Å². The molecule has 0 aliphatic carbocycles. The van der Waals surface area contributed by atoms with Gasteiger partial charge in [0.1, 0.15) is 0 Å². The van der Waals surface area contributed by atoms with Gasteiger partial charge in [0.2, 0.25) is 0 Å². The van der Waals surface area contributed by atoms with Crippen LogP contribution in [0.15, 0.2) is 71.7 Å². The Morgan fingerprint density at radius 3 is 2.66 bits per heavy atom. The van der Waals surface area contributed by atoms with Crippen molar-refractivity contribution in [3.05, 3.63) is 94.5 Å². The molecule has 0 radical (unpaired) electrons. The molecule has 29 heavy (non-hydrogen) atoms. The second-order valence-corrected chi connectivity index (χ2v) is 7.29. The van der Waals surface area contributed by atoms with Crippen molar-refractivity contribution in [2.24, 2.45) is 4.99 Å². The Bertz CT molecular complexity index is 1060. The minimum atomic E-state index is -0.00140. The summed E-state index contributed by atoms with van der Waals surface area (Å²) in [4.78, 5) is 19.2. The molecule has 0 saturated heterocycles. The number of aliphatic imine (C=N–C) groups is 1. The Morgan fingerprint density at radius 1 is 1.03 bits per heavy atom. The van der Waals surface area contributed by atoms with Crippen LogP contribution >= 0.6 is 0 Å². The summed E-state index contributed by atoms with van der Waals surface area (Å²) in [6.45, 7) is 1.71. The molecule has 0 fully saturated rings. The fourth-order valence-corrected chi connectivity index (χ4v) is 3.80. The number of rotatable bonds is 6. The third-order valence-corrected chi connectivity index (χ3v) is 5.28.